The number of carbonyl (C=O) groups excluding carboxylic acids is 2. The minimum Gasteiger partial charge on any atom is -1.00 e. The van der Waals surface area contributed by atoms with Gasteiger partial charge in [0.1, 0.15) is 6.10 Å². The minimum absolute atomic E-state index is 0. The summed E-state index contributed by atoms with van der Waals surface area (Å²) in [6.07, 6.45) is 20.0. The molecule has 0 amide bonds. The number of esters is 2. The van der Waals surface area contributed by atoms with Gasteiger partial charge in [0.05, 0.1) is 58.7 Å². The number of hydrogen-bond acceptors (Lipinski definition) is 4. The van der Waals surface area contributed by atoms with E-state index in [4.69, 9.17) is 9.47 Å². The summed E-state index contributed by atoms with van der Waals surface area (Å²) < 4.78 is 12.7. The first kappa shape index (κ1) is 44.3. The summed E-state index contributed by atoms with van der Waals surface area (Å²) in [7, 11) is 0. The minimum atomic E-state index is -0.0272. The quantitative estimate of drug-likeness (QED) is 0.255. The molecule has 2 heterocycles. The maximum atomic E-state index is 13.3. The highest BCUT2D eigenvalue weighted by atomic mass is 35.5. The lowest BCUT2D eigenvalue weighted by atomic mass is 9.32. The summed E-state index contributed by atoms with van der Waals surface area (Å²) in [6.45, 7) is 27.1. The van der Waals surface area contributed by atoms with Gasteiger partial charge in [-0.25, -0.2) is 0 Å². The van der Waals surface area contributed by atoms with Crippen LogP contribution in [0.3, 0.4) is 0 Å². The number of carbonyl (C=O) groups is 2. The fourth-order valence-electron chi connectivity index (χ4n) is 15.4. The van der Waals surface area contributed by atoms with Crippen LogP contribution < -0.4 is 34.6 Å². The second-order valence-corrected chi connectivity index (χ2v) is 21.0. The molecule has 0 spiro atoms. The molecule has 310 valence electrons. The highest BCUT2D eigenvalue weighted by molar-refractivity contribution is 5.70. The standard InChI is InChI=1S/C46H76N2O4.2ClH/c1-32(2)34-14-15-35-33(31-51-40(49)20-28-47-24-10-8-11-25-47)30-46(7)36(42(34)35)16-17-38-44(5)22-19-39(43(3,4)37(44)18-23-45(38,46)6)52-41(50)21-29-48-26-12-9-13-27-48;;/h33-39,42H,1,8-31H2,2-7H3;2*1H/t33-,34+,35?,36?,37?,38?,39+,42?,44+,45-,46-;;/m1../s1. The molecular weight excluding hydrogens is 715 g/mol. The smallest absolute Gasteiger partial charge is 0.311 e. The molecule has 5 unspecified atom stereocenters. The summed E-state index contributed by atoms with van der Waals surface area (Å²) in [4.78, 5) is 29.7. The molecule has 2 aliphatic heterocycles. The van der Waals surface area contributed by atoms with Gasteiger partial charge in [-0.15, -0.1) is 0 Å². The number of likely N-dealkylation sites (tertiary alicyclic amines) is 2. The second kappa shape index (κ2) is 17.6. The van der Waals surface area contributed by atoms with Crippen LogP contribution in [0.1, 0.15) is 151 Å². The van der Waals surface area contributed by atoms with E-state index in [1.807, 2.05) is 0 Å². The predicted octanol–water partition coefficient (Wildman–Crippen LogP) is 0.881. The monoisotopic (exact) mass is 793 g/mol. The van der Waals surface area contributed by atoms with Crippen molar-refractivity contribution in [1.29, 1.82) is 0 Å². The number of nitrogens with one attached hydrogen (secondary N) is 2. The lowest BCUT2D eigenvalue weighted by molar-refractivity contribution is -0.904. The molecule has 0 radical (unpaired) electrons. The molecule has 7 aliphatic rings. The normalized spacial score (nSPS) is 41.7. The fraction of sp³-hybridized carbons (Fsp3) is 0.913. The SMILES string of the molecule is C=C(C)[C@@H]1CCC2C1C1CCC3[C@@]4(C)CC[C@H](OC(=O)CC[NH+]5CCCCC5)C(C)(C)C4CC[C@@]3(C)[C@]1(C)C[C@@H]2COC(=O)CC[NH+]1CCCCC1.[Cl-].[Cl-]. The number of allylic oxidation sites excluding steroid dienone is 1. The van der Waals surface area contributed by atoms with E-state index < -0.39 is 0 Å². The van der Waals surface area contributed by atoms with Crippen LogP contribution in [0.2, 0.25) is 0 Å². The molecule has 8 heteroatoms. The summed E-state index contributed by atoms with van der Waals surface area (Å²) in [5.74, 6) is 4.36. The molecular formula is C46H78Cl2N2O4. The predicted molar refractivity (Wildman–Crippen MR) is 208 cm³/mol. The van der Waals surface area contributed by atoms with E-state index in [0.29, 0.717) is 60.9 Å². The second-order valence-electron chi connectivity index (χ2n) is 21.0. The molecule has 0 bridgehead atoms. The van der Waals surface area contributed by atoms with Gasteiger partial charge in [-0.05, 0) is 161 Å². The zero-order chi connectivity index (χ0) is 36.9. The fourth-order valence-corrected chi connectivity index (χ4v) is 15.4. The Kier molecular flexibility index (Phi) is 14.4. The lowest BCUT2D eigenvalue weighted by Crippen LogP contribution is -3.12. The average Bonchev–Trinajstić information content (AvgIpc) is 3.57. The molecule has 11 atom stereocenters. The van der Waals surface area contributed by atoms with Crippen molar-refractivity contribution in [1.82, 2.24) is 0 Å². The Hall–Kier alpha value is -0.820. The van der Waals surface area contributed by atoms with Gasteiger partial charge in [-0.1, -0.05) is 46.8 Å². The molecule has 2 N–H and O–H groups in total. The van der Waals surface area contributed by atoms with Gasteiger partial charge >= 0.3 is 11.9 Å². The van der Waals surface area contributed by atoms with Crippen LogP contribution in [0.5, 0.6) is 0 Å². The summed E-state index contributed by atoms with van der Waals surface area (Å²) >= 11 is 0. The van der Waals surface area contributed by atoms with Crippen molar-refractivity contribution in [3.05, 3.63) is 12.2 Å². The van der Waals surface area contributed by atoms with E-state index in [2.05, 4.69) is 48.1 Å². The zero-order valence-electron chi connectivity index (χ0n) is 35.2. The van der Waals surface area contributed by atoms with Gasteiger partial charge in [0.25, 0.3) is 0 Å². The van der Waals surface area contributed by atoms with Crippen molar-refractivity contribution >= 4 is 11.9 Å². The van der Waals surface area contributed by atoms with Crippen molar-refractivity contribution < 1.29 is 53.7 Å². The van der Waals surface area contributed by atoms with E-state index >= 15 is 0 Å². The van der Waals surface area contributed by atoms with Gasteiger partial charge in [0, 0.05) is 5.41 Å². The van der Waals surface area contributed by atoms with Crippen molar-refractivity contribution in [3.63, 3.8) is 0 Å². The molecule has 2 saturated heterocycles. The Morgan fingerprint density at radius 1 is 0.704 bits per heavy atom. The summed E-state index contributed by atoms with van der Waals surface area (Å²) in [6, 6.07) is 0. The van der Waals surface area contributed by atoms with Crippen molar-refractivity contribution in [3.8, 4) is 0 Å². The van der Waals surface area contributed by atoms with Gasteiger partial charge in [-0.3, -0.25) is 9.59 Å². The Balaban J connectivity index is 0.00000280. The number of halogens is 2. The van der Waals surface area contributed by atoms with E-state index in [0.717, 1.165) is 25.9 Å². The molecule has 5 saturated carbocycles. The van der Waals surface area contributed by atoms with Crippen LogP contribution in [0, 0.1) is 63.1 Å². The Morgan fingerprint density at radius 2 is 1.31 bits per heavy atom. The van der Waals surface area contributed by atoms with Crippen LogP contribution in [0.25, 0.3) is 0 Å². The van der Waals surface area contributed by atoms with Gasteiger partial charge < -0.3 is 44.1 Å². The highest BCUT2D eigenvalue weighted by Crippen LogP contribution is 2.76. The lowest BCUT2D eigenvalue weighted by Gasteiger charge is -2.72. The molecule has 0 aromatic carbocycles. The van der Waals surface area contributed by atoms with Crippen molar-refractivity contribution in [2.75, 3.05) is 45.9 Å². The van der Waals surface area contributed by atoms with Crippen LogP contribution in [-0.4, -0.2) is 63.9 Å². The number of quaternary nitrogens is 2. The molecule has 7 fully saturated rings. The van der Waals surface area contributed by atoms with Crippen molar-refractivity contribution in [2.45, 2.75) is 157 Å². The molecule has 6 nitrogen and oxygen atoms in total. The number of fused-ring (bicyclic) bond motifs is 7. The Morgan fingerprint density at radius 3 is 1.93 bits per heavy atom. The Labute approximate surface area is 342 Å². The zero-order valence-corrected chi connectivity index (χ0v) is 36.7. The third-order valence-electron chi connectivity index (χ3n) is 18.3. The van der Waals surface area contributed by atoms with E-state index in [1.165, 1.54) is 115 Å². The maximum absolute atomic E-state index is 13.3. The largest absolute Gasteiger partial charge is 1.00 e. The first-order chi connectivity index (χ1) is 24.8. The molecule has 0 aromatic rings. The van der Waals surface area contributed by atoms with Crippen LogP contribution >= 0.6 is 0 Å². The van der Waals surface area contributed by atoms with Gasteiger partial charge in [-0.2, -0.15) is 0 Å². The highest BCUT2D eigenvalue weighted by Gasteiger charge is 2.70. The average molecular weight is 794 g/mol. The number of hydrogen-bond donors (Lipinski definition) is 2. The first-order valence-electron chi connectivity index (χ1n) is 22.5. The van der Waals surface area contributed by atoms with Gasteiger partial charge in [0.2, 0.25) is 0 Å². The van der Waals surface area contributed by atoms with Crippen LogP contribution in [0.15, 0.2) is 12.2 Å². The number of ether oxygens (including phenoxy) is 2. The van der Waals surface area contributed by atoms with E-state index in [-0.39, 0.29) is 64.5 Å². The van der Waals surface area contributed by atoms with Crippen LogP contribution in [-0.2, 0) is 19.1 Å². The van der Waals surface area contributed by atoms with E-state index in [1.54, 1.807) is 9.80 Å². The molecule has 0 aromatic heterocycles. The van der Waals surface area contributed by atoms with E-state index in [9.17, 15) is 9.59 Å². The summed E-state index contributed by atoms with van der Waals surface area (Å²) in [5, 5.41) is 0. The van der Waals surface area contributed by atoms with Crippen LogP contribution in [0.4, 0.5) is 0 Å². The molecule has 7 rings (SSSR count). The maximum Gasteiger partial charge on any atom is 0.311 e. The molecule has 5 aliphatic carbocycles. The first-order valence-corrected chi connectivity index (χ1v) is 22.5. The number of piperidine rings is 2. The van der Waals surface area contributed by atoms with Crippen molar-refractivity contribution in [2.24, 2.45) is 63.1 Å². The summed E-state index contributed by atoms with van der Waals surface area (Å²) in [5.41, 5.74) is 2.05. The topological polar surface area (TPSA) is 61.5 Å². The third kappa shape index (κ3) is 8.09. The number of rotatable bonds is 10. The van der Waals surface area contributed by atoms with Gasteiger partial charge in [0.15, 0.2) is 0 Å². The Bertz CT molecular complexity index is 1310. The third-order valence-corrected chi connectivity index (χ3v) is 18.3. The molecule has 54 heavy (non-hydrogen) atoms.